The molecule has 0 aromatic heterocycles. The molecule has 0 aliphatic heterocycles. The molecule has 0 aromatic rings. The first-order valence-corrected chi connectivity index (χ1v) is 6.12. The predicted molar refractivity (Wildman–Crippen MR) is 64.1 cm³/mol. The Hall–Kier alpha value is -1.05. The Morgan fingerprint density at radius 2 is 2.25 bits per heavy atom. The molecule has 1 saturated carbocycles. The summed E-state index contributed by atoms with van der Waals surface area (Å²) in [4.78, 5) is 10.9. The third kappa shape index (κ3) is 1.93. The Morgan fingerprint density at radius 3 is 2.94 bits per heavy atom. The van der Waals surface area contributed by atoms with Gasteiger partial charge >= 0.3 is 5.97 Å². The van der Waals surface area contributed by atoms with Gasteiger partial charge in [-0.25, -0.2) is 4.79 Å². The number of allylic oxidation sites excluding steroid dienone is 2. The van der Waals surface area contributed by atoms with E-state index in [0.29, 0.717) is 16.9 Å². The summed E-state index contributed by atoms with van der Waals surface area (Å²) in [7, 11) is 0. The molecule has 1 fully saturated rings. The van der Waals surface area contributed by atoms with E-state index < -0.39 is 5.97 Å². The number of fused-ring (bicyclic) bond motifs is 1. The van der Waals surface area contributed by atoms with Gasteiger partial charge in [-0.1, -0.05) is 25.7 Å². The van der Waals surface area contributed by atoms with Gasteiger partial charge in [-0.3, -0.25) is 0 Å². The predicted octanol–water partition coefficient (Wildman–Crippen LogP) is 3.40. The van der Waals surface area contributed by atoms with Crippen LogP contribution in [0.15, 0.2) is 24.3 Å². The Kier molecular flexibility index (Phi) is 2.92. The van der Waals surface area contributed by atoms with Gasteiger partial charge in [0.25, 0.3) is 0 Å². The number of rotatable bonds is 2. The van der Waals surface area contributed by atoms with Gasteiger partial charge in [0.1, 0.15) is 0 Å². The van der Waals surface area contributed by atoms with Crippen LogP contribution in [-0.2, 0) is 4.79 Å². The van der Waals surface area contributed by atoms with Crippen LogP contribution in [0.2, 0.25) is 0 Å². The molecule has 0 heterocycles. The van der Waals surface area contributed by atoms with E-state index in [9.17, 15) is 4.79 Å². The fourth-order valence-corrected chi connectivity index (χ4v) is 3.18. The van der Waals surface area contributed by atoms with E-state index in [1.807, 2.05) is 0 Å². The summed E-state index contributed by atoms with van der Waals surface area (Å²) >= 11 is 0. The monoisotopic (exact) mass is 220 g/mol. The molecule has 1 N–H and O–H groups in total. The number of carboxylic acid groups (broad SMARTS) is 1. The van der Waals surface area contributed by atoms with Gasteiger partial charge in [0.15, 0.2) is 0 Å². The van der Waals surface area contributed by atoms with Crippen molar-refractivity contribution < 1.29 is 9.90 Å². The summed E-state index contributed by atoms with van der Waals surface area (Å²) in [6.45, 7) is 6.06. The first-order valence-electron chi connectivity index (χ1n) is 6.12. The van der Waals surface area contributed by atoms with Crippen molar-refractivity contribution >= 4 is 5.97 Å². The maximum absolute atomic E-state index is 10.9. The van der Waals surface area contributed by atoms with Crippen LogP contribution in [0.5, 0.6) is 0 Å². The molecule has 0 spiro atoms. The molecule has 2 heteroatoms. The van der Waals surface area contributed by atoms with Crippen molar-refractivity contribution in [3.8, 4) is 0 Å². The summed E-state index contributed by atoms with van der Waals surface area (Å²) in [6, 6.07) is 0. The van der Waals surface area contributed by atoms with E-state index in [1.54, 1.807) is 0 Å². The third-order valence-corrected chi connectivity index (χ3v) is 4.52. The summed E-state index contributed by atoms with van der Waals surface area (Å²) in [5, 5.41) is 8.98. The number of hydrogen-bond donors (Lipinski definition) is 1. The Balaban J connectivity index is 2.10. The summed E-state index contributed by atoms with van der Waals surface area (Å²) in [6.07, 6.45) is 10.1. The molecule has 2 aliphatic rings. The third-order valence-electron chi connectivity index (χ3n) is 4.52. The minimum atomic E-state index is -0.826. The van der Waals surface area contributed by atoms with Gasteiger partial charge in [0.05, 0.1) is 0 Å². The van der Waals surface area contributed by atoms with Crippen LogP contribution in [0.4, 0.5) is 0 Å². The number of aliphatic carboxylic acids is 1. The van der Waals surface area contributed by atoms with Gasteiger partial charge in [0.2, 0.25) is 0 Å². The molecule has 88 valence electrons. The lowest BCUT2D eigenvalue weighted by molar-refractivity contribution is -0.133. The second kappa shape index (κ2) is 4.08. The SMILES string of the molecule is C=C(C(=O)O)C1CCC2(C)CCC=CC2C1. The minimum Gasteiger partial charge on any atom is -0.478 e. The van der Waals surface area contributed by atoms with E-state index in [-0.39, 0.29) is 5.92 Å². The Bertz CT molecular complexity index is 343. The lowest BCUT2D eigenvalue weighted by atomic mass is 9.59. The molecule has 0 radical (unpaired) electrons. The highest BCUT2D eigenvalue weighted by Gasteiger charge is 2.40. The van der Waals surface area contributed by atoms with Gasteiger partial charge in [-0.05, 0) is 49.4 Å². The zero-order valence-corrected chi connectivity index (χ0v) is 9.91. The molecule has 0 bridgehead atoms. The highest BCUT2D eigenvalue weighted by molar-refractivity contribution is 5.86. The smallest absolute Gasteiger partial charge is 0.331 e. The normalized spacial score (nSPS) is 37.8. The summed E-state index contributed by atoms with van der Waals surface area (Å²) < 4.78 is 0. The molecule has 2 aliphatic carbocycles. The van der Waals surface area contributed by atoms with Crippen LogP contribution >= 0.6 is 0 Å². The van der Waals surface area contributed by atoms with Crippen molar-refractivity contribution in [3.05, 3.63) is 24.3 Å². The first-order chi connectivity index (χ1) is 7.53. The number of carboxylic acids is 1. The second-order valence-electron chi connectivity index (χ2n) is 5.53. The van der Waals surface area contributed by atoms with Crippen LogP contribution in [0, 0.1) is 17.3 Å². The summed E-state index contributed by atoms with van der Waals surface area (Å²) in [5.41, 5.74) is 0.811. The van der Waals surface area contributed by atoms with Gasteiger partial charge in [-0.15, -0.1) is 0 Å². The molecule has 0 amide bonds. The average Bonchev–Trinajstić information content (AvgIpc) is 2.26. The van der Waals surface area contributed by atoms with E-state index in [1.165, 1.54) is 12.8 Å². The van der Waals surface area contributed by atoms with Crippen molar-refractivity contribution in [1.82, 2.24) is 0 Å². The zero-order valence-electron chi connectivity index (χ0n) is 9.91. The van der Waals surface area contributed by atoms with Gasteiger partial charge in [0, 0.05) is 5.57 Å². The maximum Gasteiger partial charge on any atom is 0.331 e. The highest BCUT2D eigenvalue weighted by Crippen LogP contribution is 2.50. The van der Waals surface area contributed by atoms with E-state index in [4.69, 9.17) is 5.11 Å². The average molecular weight is 220 g/mol. The molecule has 16 heavy (non-hydrogen) atoms. The van der Waals surface area contributed by atoms with Crippen molar-refractivity contribution in [1.29, 1.82) is 0 Å². The van der Waals surface area contributed by atoms with Crippen LogP contribution in [0.25, 0.3) is 0 Å². The topological polar surface area (TPSA) is 37.3 Å². The molecular formula is C14H20O2. The molecule has 3 unspecified atom stereocenters. The quantitative estimate of drug-likeness (QED) is 0.572. The molecule has 2 rings (SSSR count). The first kappa shape index (κ1) is 11.4. The van der Waals surface area contributed by atoms with Crippen molar-refractivity contribution in [2.45, 2.75) is 39.0 Å². The Labute approximate surface area is 97.0 Å². The van der Waals surface area contributed by atoms with Crippen LogP contribution in [-0.4, -0.2) is 11.1 Å². The minimum absolute atomic E-state index is 0.179. The molecule has 2 nitrogen and oxygen atoms in total. The second-order valence-corrected chi connectivity index (χ2v) is 5.53. The van der Waals surface area contributed by atoms with E-state index in [0.717, 1.165) is 19.3 Å². The lowest BCUT2D eigenvalue weighted by Gasteiger charge is -2.45. The van der Waals surface area contributed by atoms with Gasteiger partial charge < -0.3 is 5.11 Å². The highest BCUT2D eigenvalue weighted by atomic mass is 16.4. The van der Waals surface area contributed by atoms with E-state index >= 15 is 0 Å². The molecule has 0 saturated heterocycles. The largest absolute Gasteiger partial charge is 0.478 e. The van der Waals surface area contributed by atoms with Crippen LogP contribution < -0.4 is 0 Å². The zero-order chi connectivity index (χ0) is 11.8. The number of carbonyl (C=O) groups is 1. The van der Waals surface area contributed by atoms with Crippen LogP contribution in [0.3, 0.4) is 0 Å². The number of hydrogen-bond acceptors (Lipinski definition) is 1. The molecule has 3 atom stereocenters. The summed E-state index contributed by atoms with van der Waals surface area (Å²) in [5.74, 6) is -0.0946. The standard InChI is InChI=1S/C14H20O2/c1-10(13(15)16)11-6-8-14(2)7-4-3-5-12(14)9-11/h3,5,11-12H,1,4,6-9H2,2H3,(H,15,16). The molecule has 0 aromatic carbocycles. The molecular weight excluding hydrogens is 200 g/mol. The fourth-order valence-electron chi connectivity index (χ4n) is 3.18. The van der Waals surface area contributed by atoms with E-state index in [2.05, 4.69) is 25.7 Å². The van der Waals surface area contributed by atoms with Crippen molar-refractivity contribution in [2.75, 3.05) is 0 Å². The Morgan fingerprint density at radius 1 is 1.50 bits per heavy atom. The maximum atomic E-state index is 10.9. The fraction of sp³-hybridized carbons (Fsp3) is 0.643. The van der Waals surface area contributed by atoms with Crippen molar-refractivity contribution in [3.63, 3.8) is 0 Å². The van der Waals surface area contributed by atoms with Crippen LogP contribution in [0.1, 0.15) is 39.0 Å². The van der Waals surface area contributed by atoms with Crippen molar-refractivity contribution in [2.24, 2.45) is 17.3 Å². The van der Waals surface area contributed by atoms with Gasteiger partial charge in [-0.2, -0.15) is 0 Å². The lowest BCUT2D eigenvalue weighted by Crippen LogP contribution is -2.36.